The van der Waals surface area contributed by atoms with Gasteiger partial charge in [0.05, 0.1) is 20.3 Å². The van der Waals surface area contributed by atoms with Crippen molar-refractivity contribution in [2.24, 2.45) is 0 Å². The minimum absolute atomic E-state index is 0.0200. The lowest BCUT2D eigenvalue weighted by atomic mass is 10.1. The number of methoxy groups -OCH3 is 1. The summed E-state index contributed by atoms with van der Waals surface area (Å²) in [5.41, 5.74) is 1.49. The lowest BCUT2D eigenvalue weighted by molar-refractivity contribution is -0.134. The predicted molar refractivity (Wildman–Crippen MR) is 142 cm³/mol. The van der Waals surface area contributed by atoms with Crippen molar-refractivity contribution in [3.63, 3.8) is 0 Å². The van der Waals surface area contributed by atoms with E-state index in [0.717, 1.165) is 24.8 Å². The number of hydrogen-bond acceptors (Lipinski definition) is 7. The van der Waals surface area contributed by atoms with Crippen molar-refractivity contribution in [2.45, 2.75) is 52.9 Å². The molecule has 8 heteroatoms. The molecule has 2 aromatic rings. The number of benzene rings is 2. The van der Waals surface area contributed by atoms with Gasteiger partial charge in [-0.2, -0.15) is 5.26 Å². The highest BCUT2D eigenvalue weighted by molar-refractivity contribution is 6.01. The van der Waals surface area contributed by atoms with Crippen molar-refractivity contribution < 1.29 is 28.5 Å². The van der Waals surface area contributed by atoms with Gasteiger partial charge in [-0.1, -0.05) is 32.4 Å². The first-order chi connectivity index (χ1) is 17.9. The molecule has 0 aromatic heterocycles. The van der Waals surface area contributed by atoms with Gasteiger partial charge in [-0.15, -0.1) is 0 Å². The molecule has 2 aromatic carbocycles. The second kappa shape index (κ2) is 15.9. The third-order valence-electron chi connectivity index (χ3n) is 5.30. The van der Waals surface area contributed by atoms with E-state index in [0.29, 0.717) is 49.0 Å². The number of nitriles is 1. The van der Waals surface area contributed by atoms with Crippen LogP contribution in [0.3, 0.4) is 0 Å². The number of amides is 1. The van der Waals surface area contributed by atoms with Crippen molar-refractivity contribution >= 4 is 18.0 Å². The van der Waals surface area contributed by atoms with Crippen LogP contribution in [0.25, 0.3) is 6.08 Å². The second-order valence-electron chi connectivity index (χ2n) is 8.23. The molecule has 1 N–H and O–H groups in total. The highest BCUT2D eigenvalue weighted by Gasteiger charge is 2.14. The molecular formula is C29H36N2O6. The van der Waals surface area contributed by atoms with Crippen molar-refractivity contribution in [2.75, 3.05) is 26.9 Å². The summed E-state index contributed by atoms with van der Waals surface area (Å²) in [6, 6.07) is 12.4. The predicted octanol–water partition coefficient (Wildman–Crippen LogP) is 5.24. The summed E-state index contributed by atoms with van der Waals surface area (Å²) in [7, 11) is 1.46. The fraction of sp³-hybridized carbons (Fsp3) is 0.414. The molecular weight excluding hydrogens is 472 g/mol. The molecule has 0 radical (unpaired) electrons. The first-order valence-electron chi connectivity index (χ1n) is 12.6. The minimum atomic E-state index is -0.438. The maximum Gasteiger partial charge on any atom is 0.311 e. The molecule has 37 heavy (non-hydrogen) atoms. The molecule has 0 saturated carbocycles. The summed E-state index contributed by atoms with van der Waals surface area (Å²) < 4.78 is 22.4. The van der Waals surface area contributed by atoms with Crippen LogP contribution in [0.15, 0.2) is 42.0 Å². The fourth-order valence-electron chi connectivity index (χ4n) is 3.35. The van der Waals surface area contributed by atoms with E-state index in [1.807, 2.05) is 38.1 Å². The van der Waals surface area contributed by atoms with Gasteiger partial charge in [0.2, 0.25) is 0 Å². The van der Waals surface area contributed by atoms with Gasteiger partial charge in [0.1, 0.15) is 11.6 Å². The molecule has 0 aliphatic rings. The summed E-state index contributed by atoms with van der Waals surface area (Å²) >= 11 is 0. The zero-order valence-electron chi connectivity index (χ0n) is 22.1. The molecule has 0 unspecified atom stereocenters. The van der Waals surface area contributed by atoms with Crippen LogP contribution in [0.4, 0.5) is 0 Å². The maximum atomic E-state index is 12.6. The number of nitrogens with one attached hydrogen (secondary N) is 1. The lowest BCUT2D eigenvalue weighted by Crippen LogP contribution is -2.25. The van der Waals surface area contributed by atoms with Crippen molar-refractivity contribution in [3.8, 4) is 29.1 Å². The van der Waals surface area contributed by atoms with Gasteiger partial charge in [-0.3, -0.25) is 9.59 Å². The topological polar surface area (TPSA) is 107 Å². The van der Waals surface area contributed by atoms with Gasteiger partial charge < -0.3 is 24.3 Å². The number of hydrogen-bond donors (Lipinski definition) is 1. The third-order valence-corrected chi connectivity index (χ3v) is 5.30. The Hall–Kier alpha value is -3.99. The van der Waals surface area contributed by atoms with E-state index < -0.39 is 11.9 Å². The number of nitrogens with zero attached hydrogens (tertiary/aromatic N) is 1. The Morgan fingerprint density at radius 2 is 1.76 bits per heavy atom. The van der Waals surface area contributed by atoms with E-state index in [1.165, 1.54) is 13.2 Å². The summed E-state index contributed by atoms with van der Waals surface area (Å²) in [5, 5.41) is 12.0. The Labute approximate surface area is 219 Å². The Balaban J connectivity index is 2.05. The molecule has 0 atom stereocenters. The first-order valence-corrected chi connectivity index (χ1v) is 12.6. The zero-order chi connectivity index (χ0) is 27.0. The average Bonchev–Trinajstić information content (AvgIpc) is 2.91. The standard InChI is InChI=1S/C29H36N2O6/c1-5-8-16-36-24-12-9-21(18-27(24)35-7-3)11-14-28(32)37-25-13-10-22(19-26(25)34-4)17-23(20-30)29(33)31-15-6-2/h9-10,12-13,17-19H,5-8,11,14-16H2,1-4H3,(H,31,33)/b23-17+. The molecule has 0 saturated heterocycles. The molecule has 8 nitrogen and oxygen atoms in total. The van der Waals surface area contributed by atoms with Crippen molar-refractivity contribution in [1.29, 1.82) is 5.26 Å². The molecule has 0 heterocycles. The van der Waals surface area contributed by atoms with Gasteiger partial charge >= 0.3 is 5.97 Å². The fourth-order valence-corrected chi connectivity index (χ4v) is 3.35. The van der Waals surface area contributed by atoms with E-state index in [4.69, 9.17) is 18.9 Å². The minimum Gasteiger partial charge on any atom is -0.493 e. The molecule has 2 rings (SSSR count). The maximum absolute atomic E-state index is 12.6. The number of carbonyl (C=O) groups excluding carboxylic acids is 2. The number of carbonyl (C=O) groups is 2. The number of ether oxygens (including phenoxy) is 4. The first kappa shape index (κ1) is 29.2. The number of aryl methyl sites for hydroxylation is 1. The van der Waals surface area contributed by atoms with E-state index in [2.05, 4.69) is 12.2 Å². The Bertz CT molecular complexity index is 1120. The van der Waals surface area contributed by atoms with E-state index >= 15 is 0 Å². The normalized spacial score (nSPS) is 10.8. The van der Waals surface area contributed by atoms with Crippen molar-refractivity contribution in [1.82, 2.24) is 5.32 Å². The summed E-state index contributed by atoms with van der Waals surface area (Å²) in [6.07, 6.45) is 4.87. The van der Waals surface area contributed by atoms with Crippen LogP contribution < -0.4 is 24.3 Å². The van der Waals surface area contributed by atoms with E-state index in [1.54, 1.807) is 18.2 Å². The Kier molecular flexibility index (Phi) is 12.6. The van der Waals surface area contributed by atoms with Gasteiger partial charge in [-0.05, 0) is 67.7 Å². The van der Waals surface area contributed by atoms with Crippen LogP contribution in [0.5, 0.6) is 23.0 Å². The van der Waals surface area contributed by atoms with Gasteiger partial charge in [0.15, 0.2) is 23.0 Å². The van der Waals surface area contributed by atoms with Crippen LogP contribution in [-0.2, 0) is 16.0 Å². The average molecular weight is 509 g/mol. The molecule has 1 amide bonds. The van der Waals surface area contributed by atoms with Crippen LogP contribution in [0, 0.1) is 11.3 Å². The van der Waals surface area contributed by atoms with E-state index in [9.17, 15) is 14.9 Å². The Morgan fingerprint density at radius 1 is 0.973 bits per heavy atom. The van der Waals surface area contributed by atoms with Crippen molar-refractivity contribution in [3.05, 3.63) is 53.1 Å². The van der Waals surface area contributed by atoms with Crippen LogP contribution in [0.2, 0.25) is 0 Å². The molecule has 198 valence electrons. The zero-order valence-corrected chi connectivity index (χ0v) is 22.1. The van der Waals surface area contributed by atoms with Crippen LogP contribution in [-0.4, -0.2) is 38.7 Å². The monoisotopic (exact) mass is 508 g/mol. The lowest BCUT2D eigenvalue weighted by Gasteiger charge is -2.13. The number of unbranched alkanes of at least 4 members (excludes halogenated alkanes) is 1. The molecule has 0 aliphatic heterocycles. The van der Waals surface area contributed by atoms with Crippen LogP contribution >= 0.6 is 0 Å². The van der Waals surface area contributed by atoms with Gasteiger partial charge in [0.25, 0.3) is 5.91 Å². The number of esters is 1. The highest BCUT2D eigenvalue weighted by Crippen LogP contribution is 2.31. The van der Waals surface area contributed by atoms with Gasteiger partial charge in [-0.25, -0.2) is 0 Å². The van der Waals surface area contributed by atoms with Crippen LogP contribution in [0.1, 0.15) is 57.6 Å². The van der Waals surface area contributed by atoms with Gasteiger partial charge in [0, 0.05) is 13.0 Å². The SMILES string of the molecule is CCCCOc1ccc(CCC(=O)Oc2ccc(/C=C(\C#N)C(=O)NCCC)cc2OC)cc1OCC. The van der Waals surface area contributed by atoms with E-state index in [-0.39, 0.29) is 17.7 Å². The summed E-state index contributed by atoms with van der Waals surface area (Å²) in [6.45, 7) is 7.58. The second-order valence-corrected chi connectivity index (χ2v) is 8.23. The molecule has 0 aliphatic carbocycles. The quantitative estimate of drug-likeness (QED) is 0.115. The highest BCUT2D eigenvalue weighted by atomic mass is 16.6. The smallest absolute Gasteiger partial charge is 0.311 e. The number of rotatable bonds is 15. The molecule has 0 bridgehead atoms. The summed E-state index contributed by atoms with van der Waals surface area (Å²) in [4.78, 5) is 24.7. The summed E-state index contributed by atoms with van der Waals surface area (Å²) in [5.74, 6) is 1.08. The largest absolute Gasteiger partial charge is 0.493 e. The molecule has 0 spiro atoms. The third kappa shape index (κ3) is 9.53. The molecule has 0 fully saturated rings. The Morgan fingerprint density at radius 3 is 2.43 bits per heavy atom.